The summed E-state index contributed by atoms with van der Waals surface area (Å²) in [6, 6.07) is 0. The highest BCUT2D eigenvalue weighted by atomic mass is 16.6. The Kier molecular flexibility index (Phi) is 5.44. The van der Waals surface area contributed by atoms with Gasteiger partial charge in [-0.05, 0) is 6.42 Å². The van der Waals surface area contributed by atoms with E-state index in [4.69, 9.17) is 10.2 Å². The topological polar surface area (TPSA) is 121 Å². The second kappa shape index (κ2) is 6.06. The van der Waals surface area contributed by atoms with Crippen molar-refractivity contribution in [3.63, 3.8) is 0 Å². The highest BCUT2D eigenvalue weighted by Crippen LogP contribution is 2.13. The van der Waals surface area contributed by atoms with E-state index < -0.39 is 29.9 Å². The summed E-state index contributed by atoms with van der Waals surface area (Å²) in [5, 5.41) is 26.4. The van der Waals surface area contributed by atoms with Gasteiger partial charge in [-0.25, -0.2) is 9.59 Å². The second-order valence-electron chi connectivity index (χ2n) is 3.23. The lowest BCUT2D eigenvalue weighted by atomic mass is 10.0. The molecule has 3 N–H and O–H groups in total. The highest BCUT2D eigenvalue weighted by molar-refractivity contribution is 6.05. The van der Waals surface area contributed by atoms with Crippen LogP contribution < -0.4 is 0 Å². The molecule has 0 radical (unpaired) electrons. The molecule has 16 heavy (non-hydrogen) atoms. The van der Waals surface area contributed by atoms with Gasteiger partial charge in [0.1, 0.15) is 0 Å². The molecule has 0 saturated heterocycles. The Morgan fingerprint density at radius 1 is 1.25 bits per heavy atom. The third-order valence-corrected chi connectivity index (χ3v) is 1.83. The first kappa shape index (κ1) is 14.4. The van der Waals surface area contributed by atoms with Crippen molar-refractivity contribution in [1.82, 2.24) is 0 Å². The predicted octanol–water partition coefficient (Wildman–Crippen LogP) is -0.380. The van der Waals surface area contributed by atoms with Crippen molar-refractivity contribution < 1.29 is 34.4 Å². The summed E-state index contributed by atoms with van der Waals surface area (Å²) in [6.45, 7) is 1.78. The number of carboxylic acid groups (broad SMARTS) is 2. The lowest BCUT2D eigenvalue weighted by Crippen LogP contribution is -2.49. The molecular weight excluding hydrogens is 220 g/mol. The predicted molar refractivity (Wildman–Crippen MR) is 50.7 cm³/mol. The molecule has 0 aliphatic rings. The van der Waals surface area contributed by atoms with Gasteiger partial charge in [0, 0.05) is 0 Å². The molecule has 92 valence electrons. The van der Waals surface area contributed by atoms with E-state index in [1.54, 1.807) is 0 Å². The Hall–Kier alpha value is -1.63. The SMILES string of the molecule is CCCCOC(=O)[C@@](O)(CC(=O)O)C(=O)O. The summed E-state index contributed by atoms with van der Waals surface area (Å²) in [7, 11) is 0. The van der Waals surface area contributed by atoms with Gasteiger partial charge in [-0.3, -0.25) is 4.79 Å². The summed E-state index contributed by atoms with van der Waals surface area (Å²) in [5.41, 5.74) is -3.01. The van der Waals surface area contributed by atoms with Crippen LogP contribution in [0, 0.1) is 0 Å². The molecule has 0 bridgehead atoms. The number of aliphatic carboxylic acids is 2. The molecule has 0 aromatic heterocycles. The normalized spacial score (nSPS) is 13.9. The van der Waals surface area contributed by atoms with Gasteiger partial charge in [-0.15, -0.1) is 0 Å². The van der Waals surface area contributed by atoms with E-state index in [1.165, 1.54) is 0 Å². The number of esters is 1. The lowest BCUT2D eigenvalue weighted by Gasteiger charge is -2.19. The molecule has 7 heteroatoms. The van der Waals surface area contributed by atoms with Crippen molar-refractivity contribution in [1.29, 1.82) is 0 Å². The number of ether oxygens (including phenoxy) is 1. The zero-order valence-corrected chi connectivity index (χ0v) is 8.80. The van der Waals surface area contributed by atoms with Gasteiger partial charge in [0.05, 0.1) is 13.0 Å². The van der Waals surface area contributed by atoms with Crippen molar-refractivity contribution >= 4 is 17.9 Å². The summed E-state index contributed by atoms with van der Waals surface area (Å²) < 4.78 is 4.48. The Balaban J connectivity index is 4.58. The number of aliphatic hydroxyl groups is 1. The highest BCUT2D eigenvalue weighted by Gasteiger charge is 2.48. The molecule has 0 aromatic rings. The zero-order valence-electron chi connectivity index (χ0n) is 8.80. The van der Waals surface area contributed by atoms with Crippen LogP contribution in [0.4, 0.5) is 0 Å². The third kappa shape index (κ3) is 3.85. The minimum atomic E-state index is -3.01. The summed E-state index contributed by atoms with van der Waals surface area (Å²) >= 11 is 0. The number of hydrogen-bond acceptors (Lipinski definition) is 5. The van der Waals surface area contributed by atoms with E-state index in [0.717, 1.165) is 6.42 Å². The fourth-order valence-corrected chi connectivity index (χ4v) is 0.883. The zero-order chi connectivity index (χ0) is 12.8. The first-order chi connectivity index (χ1) is 7.34. The molecule has 0 amide bonds. The Morgan fingerprint density at radius 3 is 2.19 bits per heavy atom. The van der Waals surface area contributed by atoms with Crippen LogP contribution in [0.1, 0.15) is 26.2 Å². The smallest absolute Gasteiger partial charge is 0.350 e. The van der Waals surface area contributed by atoms with Crippen molar-refractivity contribution in [2.45, 2.75) is 31.8 Å². The van der Waals surface area contributed by atoms with Crippen LogP contribution in [0.25, 0.3) is 0 Å². The van der Waals surface area contributed by atoms with Crippen molar-refractivity contribution in [2.24, 2.45) is 0 Å². The molecule has 0 heterocycles. The maximum Gasteiger partial charge on any atom is 0.350 e. The van der Waals surface area contributed by atoms with E-state index in [2.05, 4.69) is 4.74 Å². The van der Waals surface area contributed by atoms with Crippen LogP contribution >= 0.6 is 0 Å². The van der Waals surface area contributed by atoms with Gasteiger partial charge in [0.2, 0.25) is 0 Å². The lowest BCUT2D eigenvalue weighted by molar-refractivity contribution is -0.184. The largest absolute Gasteiger partial charge is 0.481 e. The van der Waals surface area contributed by atoms with E-state index in [9.17, 15) is 19.5 Å². The van der Waals surface area contributed by atoms with Crippen LogP contribution in [0.2, 0.25) is 0 Å². The van der Waals surface area contributed by atoms with Gasteiger partial charge >= 0.3 is 17.9 Å². The number of carbonyl (C=O) groups excluding carboxylic acids is 1. The molecule has 0 saturated carbocycles. The maximum atomic E-state index is 11.2. The standard InChI is InChI=1S/C9H14O7/c1-2-3-4-16-8(14)9(15,7(12)13)5-6(10)11/h15H,2-5H2,1H3,(H,10,11)(H,12,13)/t9-/m1/s1. The van der Waals surface area contributed by atoms with Crippen LogP contribution in [0.5, 0.6) is 0 Å². The Bertz CT molecular complexity index is 286. The van der Waals surface area contributed by atoms with Gasteiger partial charge in [0.25, 0.3) is 5.60 Å². The number of rotatable bonds is 7. The van der Waals surface area contributed by atoms with Crippen molar-refractivity contribution in [3.05, 3.63) is 0 Å². The first-order valence-corrected chi connectivity index (χ1v) is 4.69. The van der Waals surface area contributed by atoms with E-state index >= 15 is 0 Å². The molecule has 0 aliphatic heterocycles. The van der Waals surface area contributed by atoms with Crippen molar-refractivity contribution in [3.8, 4) is 0 Å². The minimum Gasteiger partial charge on any atom is -0.481 e. The monoisotopic (exact) mass is 234 g/mol. The van der Waals surface area contributed by atoms with Gasteiger partial charge in [0.15, 0.2) is 0 Å². The molecular formula is C9H14O7. The molecule has 7 nitrogen and oxygen atoms in total. The van der Waals surface area contributed by atoms with Crippen LogP contribution in [0.3, 0.4) is 0 Å². The van der Waals surface area contributed by atoms with Crippen molar-refractivity contribution in [2.75, 3.05) is 6.61 Å². The van der Waals surface area contributed by atoms with Crippen LogP contribution in [-0.2, 0) is 19.1 Å². The summed E-state index contributed by atoms with van der Waals surface area (Å²) in [6.07, 6.45) is -0.000483. The summed E-state index contributed by atoms with van der Waals surface area (Å²) in [5.74, 6) is -4.98. The van der Waals surface area contributed by atoms with Crippen LogP contribution in [-0.4, -0.2) is 45.4 Å². The average Bonchev–Trinajstić information content (AvgIpc) is 2.16. The molecule has 0 unspecified atom stereocenters. The summed E-state index contributed by atoms with van der Waals surface area (Å²) in [4.78, 5) is 32.1. The van der Waals surface area contributed by atoms with Gasteiger partial charge in [-0.2, -0.15) is 0 Å². The number of carbonyl (C=O) groups is 3. The quantitative estimate of drug-likeness (QED) is 0.312. The molecule has 0 spiro atoms. The fraction of sp³-hybridized carbons (Fsp3) is 0.667. The van der Waals surface area contributed by atoms with E-state index in [1.807, 2.05) is 6.92 Å². The molecule has 0 aromatic carbocycles. The molecule has 0 rings (SSSR count). The number of hydrogen-bond donors (Lipinski definition) is 3. The van der Waals surface area contributed by atoms with E-state index in [0.29, 0.717) is 6.42 Å². The first-order valence-electron chi connectivity index (χ1n) is 4.69. The second-order valence-corrected chi connectivity index (χ2v) is 3.23. The molecule has 0 fully saturated rings. The maximum absolute atomic E-state index is 11.2. The Morgan fingerprint density at radius 2 is 1.81 bits per heavy atom. The Labute approximate surface area is 91.6 Å². The van der Waals surface area contributed by atoms with Crippen LogP contribution in [0.15, 0.2) is 0 Å². The number of unbranched alkanes of at least 4 members (excludes halogenated alkanes) is 1. The van der Waals surface area contributed by atoms with Gasteiger partial charge in [-0.1, -0.05) is 13.3 Å². The number of carboxylic acids is 2. The third-order valence-electron chi connectivity index (χ3n) is 1.83. The molecule has 0 aliphatic carbocycles. The van der Waals surface area contributed by atoms with E-state index in [-0.39, 0.29) is 6.61 Å². The molecule has 1 atom stereocenters. The van der Waals surface area contributed by atoms with Gasteiger partial charge < -0.3 is 20.1 Å². The average molecular weight is 234 g/mol. The minimum absolute atomic E-state index is 0.0510. The fourth-order valence-electron chi connectivity index (χ4n) is 0.883.